The zero-order valence-electron chi connectivity index (χ0n) is 17.9. The van der Waals surface area contributed by atoms with Crippen LogP contribution < -0.4 is 0 Å². The number of rotatable bonds is 4. The van der Waals surface area contributed by atoms with Crippen LogP contribution in [-0.4, -0.2) is 22.8 Å². The van der Waals surface area contributed by atoms with Gasteiger partial charge in [0.1, 0.15) is 0 Å². The summed E-state index contributed by atoms with van der Waals surface area (Å²) in [6.45, 7) is 11.5. The Morgan fingerprint density at radius 2 is 1.71 bits per heavy atom. The lowest BCUT2D eigenvalue weighted by molar-refractivity contribution is 0.0751. The van der Waals surface area contributed by atoms with Crippen molar-refractivity contribution in [2.45, 2.75) is 88.4 Å². The molecule has 0 amide bonds. The van der Waals surface area contributed by atoms with E-state index in [1.807, 2.05) is 18.2 Å². The van der Waals surface area contributed by atoms with Gasteiger partial charge < -0.3 is 4.43 Å². The fourth-order valence-corrected chi connectivity index (χ4v) is 8.83. The Morgan fingerprint density at radius 1 is 1.04 bits per heavy atom. The molecule has 1 aromatic carbocycles. The van der Waals surface area contributed by atoms with Crippen LogP contribution in [0.15, 0.2) is 45.7 Å². The Kier molecular flexibility index (Phi) is 4.76. The molecule has 4 rings (SSSR count). The molecule has 0 radical (unpaired) electrons. The van der Waals surface area contributed by atoms with Crippen molar-refractivity contribution in [2.75, 3.05) is 0 Å². The van der Waals surface area contributed by atoms with Crippen molar-refractivity contribution in [3.8, 4) is 0 Å². The van der Waals surface area contributed by atoms with Gasteiger partial charge in [-0.15, -0.1) is 0 Å². The Hall–Kier alpha value is -0.913. The molecule has 0 N–H and O–H groups in total. The standard InChI is InChI=1S/C23H34O3SSi/c1-22(2,3)28(4,5)26-21-14-12-17-11-13-19-20(15-16-23(17,19)21)27(24,25)18-9-7-6-8-10-18/h6-10,17,21H,11-16H2,1-5H3. The maximum absolute atomic E-state index is 13.4. The zero-order chi connectivity index (χ0) is 20.4. The largest absolute Gasteiger partial charge is 0.413 e. The van der Waals surface area contributed by atoms with E-state index in [2.05, 4.69) is 33.9 Å². The van der Waals surface area contributed by atoms with E-state index in [0.717, 1.165) is 25.7 Å². The highest BCUT2D eigenvalue weighted by molar-refractivity contribution is 7.95. The minimum atomic E-state index is -3.40. The van der Waals surface area contributed by atoms with Gasteiger partial charge in [0.25, 0.3) is 0 Å². The predicted octanol–water partition coefficient (Wildman–Crippen LogP) is 6.09. The molecule has 0 aliphatic heterocycles. The van der Waals surface area contributed by atoms with Gasteiger partial charge in [0.05, 0.1) is 11.0 Å². The van der Waals surface area contributed by atoms with E-state index in [0.29, 0.717) is 22.1 Å². The molecular weight excluding hydrogens is 384 g/mol. The van der Waals surface area contributed by atoms with Gasteiger partial charge >= 0.3 is 0 Å². The Bertz CT molecular complexity index is 896. The number of hydrogen-bond donors (Lipinski definition) is 0. The molecule has 5 heteroatoms. The van der Waals surface area contributed by atoms with E-state index in [1.165, 1.54) is 12.0 Å². The topological polar surface area (TPSA) is 43.4 Å². The SMILES string of the molecule is CC(C)(C)[Si](C)(C)OC1CCC2CCC3=C(S(=O)(=O)c4ccccc4)CCC321. The van der Waals surface area contributed by atoms with Crippen LogP contribution in [0.2, 0.25) is 18.1 Å². The number of hydrogen-bond acceptors (Lipinski definition) is 3. The van der Waals surface area contributed by atoms with E-state index in [4.69, 9.17) is 4.43 Å². The fraction of sp³-hybridized carbons (Fsp3) is 0.652. The Morgan fingerprint density at radius 3 is 2.36 bits per heavy atom. The van der Waals surface area contributed by atoms with Crippen LogP contribution in [0.4, 0.5) is 0 Å². The quantitative estimate of drug-likeness (QED) is 0.556. The summed E-state index contributed by atoms with van der Waals surface area (Å²) in [6, 6.07) is 8.98. The average molecular weight is 419 g/mol. The highest BCUT2D eigenvalue weighted by atomic mass is 32.2. The summed E-state index contributed by atoms with van der Waals surface area (Å²) in [5, 5.41) is 0.168. The van der Waals surface area contributed by atoms with Gasteiger partial charge in [0.2, 0.25) is 9.84 Å². The molecule has 3 nitrogen and oxygen atoms in total. The molecule has 0 bridgehead atoms. The van der Waals surface area contributed by atoms with E-state index in [9.17, 15) is 8.42 Å². The van der Waals surface area contributed by atoms with E-state index >= 15 is 0 Å². The lowest BCUT2D eigenvalue weighted by Crippen LogP contribution is -2.47. The van der Waals surface area contributed by atoms with Crippen molar-refractivity contribution in [2.24, 2.45) is 11.3 Å². The minimum absolute atomic E-state index is 0.0211. The van der Waals surface area contributed by atoms with Crippen LogP contribution in [0.3, 0.4) is 0 Å². The number of allylic oxidation sites excluding steroid dienone is 1. The van der Waals surface area contributed by atoms with Crippen LogP contribution in [0.5, 0.6) is 0 Å². The fourth-order valence-electron chi connectivity index (χ4n) is 5.65. The summed E-state index contributed by atoms with van der Waals surface area (Å²) in [7, 11) is -5.30. The molecule has 3 atom stereocenters. The van der Waals surface area contributed by atoms with Crippen molar-refractivity contribution in [3.63, 3.8) is 0 Å². The smallest absolute Gasteiger partial charge is 0.202 e. The summed E-state index contributed by atoms with van der Waals surface area (Å²) < 4.78 is 33.8. The number of benzene rings is 1. The van der Waals surface area contributed by atoms with E-state index in [-0.39, 0.29) is 16.6 Å². The third kappa shape index (κ3) is 2.88. The maximum atomic E-state index is 13.4. The normalized spacial score (nSPS) is 30.6. The van der Waals surface area contributed by atoms with Gasteiger partial charge in [-0.1, -0.05) is 39.0 Å². The van der Waals surface area contributed by atoms with Gasteiger partial charge in [-0.2, -0.15) is 0 Å². The van der Waals surface area contributed by atoms with E-state index in [1.54, 1.807) is 12.1 Å². The molecule has 2 fully saturated rings. The molecule has 3 aliphatic rings. The predicted molar refractivity (Wildman–Crippen MR) is 116 cm³/mol. The van der Waals surface area contributed by atoms with Gasteiger partial charge in [-0.25, -0.2) is 8.42 Å². The summed E-state index contributed by atoms with van der Waals surface area (Å²) in [5.41, 5.74) is 1.20. The second-order valence-corrected chi connectivity index (χ2v) is 17.2. The van der Waals surface area contributed by atoms with Gasteiger partial charge in [-0.05, 0) is 80.3 Å². The third-order valence-corrected chi connectivity index (χ3v) is 14.6. The highest BCUT2D eigenvalue weighted by Crippen LogP contribution is 2.66. The maximum Gasteiger partial charge on any atom is 0.202 e. The summed E-state index contributed by atoms with van der Waals surface area (Å²) in [6.07, 6.45) is 6.15. The molecule has 1 spiro atoms. The summed E-state index contributed by atoms with van der Waals surface area (Å²) in [4.78, 5) is 1.16. The second kappa shape index (κ2) is 6.54. The van der Waals surface area contributed by atoms with Crippen molar-refractivity contribution in [3.05, 3.63) is 40.8 Å². The van der Waals surface area contributed by atoms with Crippen molar-refractivity contribution in [1.29, 1.82) is 0 Å². The Balaban J connectivity index is 1.75. The van der Waals surface area contributed by atoms with E-state index < -0.39 is 18.2 Å². The molecular formula is C23H34O3SSi. The first-order valence-corrected chi connectivity index (χ1v) is 15.1. The Labute approximate surface area is 171 Å². The lowest BCUT2D eigenvalue weighted by Gasteiger charge is -2.43. The lowest BCUT2D eigenvalue weighted by atomic mass is 9.76. The molecule has 0 aromatic heterocycles. The highest BCUT2D eigenvalue weighted by Gasteiger charge is 2.61. The first-order valence-electron chi connectivity index (χ1n) is 10.7. The first-order chi connectivity index (χ1) is 13.0. The molecule has 3 unspecified atom stereocenters. The zero-order valence-corrected chi connectivity index (χ0v) is 19.7. The summed E-state index contributed by atoms with van der Waals surface area (Å²) in [5.74, 6) is 0.598. The van der Waals surface area contributed by atoms with Crippen LogP contribution in [0.1, 0.15) is 59.3 Å². The van der Waals surface area contributed by atoms with Crippen LogP contribution in [0.25, 0.3) is 0 Å². The van der Waals surface area contributed by atoms with Gasteiger partial charge in [-0.3, -0.25) is 0 Å². The summed E-state index contributed by atoms with van der Waals surface area (Å²) >= 11 is 0. The van der Waals surface area contributed by atoms with Gasteiger partial charge in [0.15, 0.2) is 8.32 Å². The molecule has 28 heavy (non-hydrogen) atoms. The molecule has 3 aliphatic carbocycles. The number of sulfone groups is 1. The third-order valence-electron chi connectivity index (χ3n) is 8.11. The van der Waals surface area contributed by atoms with Crippen molar-refractivity contribution in [1.82, 2.24) is 0 Å². The van der Waals surface area contributed by atoms with Crippen molar-refractivity contribution >= 4 is 18.2 Å². The molecule has 1 aromatic rings. The molecule has 2 saturated carbocycles. The van der Waals surface area contributed by atoms with Crippen molar-refractivity contribution < 1.29 is 12.8 Å². The first kappa shape index (κ1) is 20.4. The van der Waals surface area contributed by atoms with Crippen LogP contribution in [0, 0.1) is 11.3 Å². The van der Waals surface area contributed by atoms with Gasteiger partial charge in [0, 0.05) is 10.3 Å². The minimum Gasteiger partial charge on any atom is -0.413 e. The second-order valence-electron chi connectivity index (χ2n) is 10.4. The molecule has 0 heterocycles. The van der Waals surface area contributed by atoms with Crippen LogP contribution >= 0.6 is 0 Å². The average Bonchev–Trinajstić information content (AvgIpc) is 3.25. The molecule has 154 valence electrons. The molecule has 0 saturated heterocycles. The van der Waals surface area contributed by atoms with Crippen LogP contribution in [-0.2, 0) is 14.3 Å². The monoisotopic (exact) mass is 418 g/mol.